The summed E-state index contributed by atoms with van der Waals surface area (Å²) in [7, 11) is -3.13. The summed E-state index contributed by atoms with van der Waals surface area (Å²) in [6.07, 6.45) is 1.21. The molecular weight excluding hydrogens is 400 g/mol. The van der Waals surface area contributed by atoms with Crippen LogP contribution in [0.15, 0.2) is 24.3 Å². The lowest BCUT2D eigenvalue weighted by Gasteiger charge is -2.32. The summed E-state index contributed by atoms with van der Waals surface area (Å²) >= 11 is 6.56. The second-order valence-electron chi connectivity index (χ2n) is 7.46. The lowest BCUT2D eigenvalue weighted by molar-refractivity contribution is 0.114. The summed E-state index contributed by atoms with van der Waals surface area (Å²) in [6, 6.07) is 7.11. The predicted octanol–water partition coefficient (Wildman–Crippen LogP) is 2.78. The highest BCUT2D eigenvalue weighted by Gasteiger charge is 2.29. The Kier molecular flexibility index (Phi) is 6.12. The van der Waals surface area contributed by atoms with Gasteiger partial charge in [-0.05, 0) is 30.0 Å². The minimum Gasteiger partial charge on any atom is -0.379 e. The molecule has 1 saturated heterocycles. The third-order valence-corrected chi connectivity index (χ3v) is 5.75. The van der Waals surface area contributed by atoms with Gasteiger partial charge in [-0.2, -0.15) is 4.98 Å². The largest absolute Gasteiger partial charge is 0.379 e. The zero-order valence-electron chi connectivity index (χ0n) is 16.2. The molecule has 0 amide bonds. The number of aryl methyl sites for hydroxylation is 1. The van der Waals surface area contributed by atoms with E-state index in [1.54, 1.807) is 12.1 Å². The van der Waals surface area contributed by atoms with Crippen LogP contribution in [-0.2, 0) is 20.3 Å². The number of nitrogens with zero attached hydrogens (tertiary/aromatic N) is 3. The average molecular weight is 425 g/mol. The van der Waals surface area contributed by atoms with Crippen molar-refractivity contribution in [2.45, 2.75) is 25.6 Å². The van der Waals surface area contributed by atoms with Crippen molar-refractivity contribution in [3.8, 4) is 0 Å². The molecule has 9 heteroatoms. The van der Waals surface area contributed by atoms with Gasteiger partial charge in [0.2, 0.25) is 5.95 Å². The number of ether oxygens (including phenoxy) is 1. The second kappa shape index (κ2) is 8.23. The maximum atomic E-state index is 11.6. The van der Waals surface area contributed by atoms with E-state index in [1.807, 2.05) is 19.1 Å². The maximum absolute atomic E-state index is 11.6. The highest BCUT2D eigenvalue weighted by Crippen LogP contribution is 2.34. The lowest BCUT2D eigenvalue weighted by atomic mass is 10.0. The number of benzene rings is 1. The number of sulfone groups is 1. The van der Waals surface area contributed by atoms with Gasteiger partial charge in [0.05, 0.1) is 25.0 Å². The molecule has 2 aromatic rings. The highest BCUT2D eigenvalue weighted by atomic mass is 35.5. The molecule has 3 rings (SSSR count). The van der Waals surface area contributed by atoms with Crippen LogP contribution < -0.4 is 10.6 Å². The predicted molar refractivity (Wildman–Crippen MR) is 111 cm³/mol. The third kappa shape index (κ3) is 5.12. The van der Waals surface area contributed by atoms with Gasteiger partial charge in [0.15, 0.2) is 9.84 Å². The molecule has 0 radical (unpaired) electrons. The summed E-state index contributed by atoms with van der Waals surface area (Å²) in [5.41, 5.74) is 8.18. The number of halogens is 1. The second-order valence-corrected chi connectivity index (χ2v) is 10.0. The third-order valence-electron chi connectivity index (χ3n) is 4.57. The highest BCUT2D eigenvalue weighted by molar-refractivity contribution is 7.89. The minimum absolute atomic E-state index is 0.0451. The zero-order chi connectivity index (χ0) is 20.5. The molecule has 1 aromatic carbocycles. The Bertz CT molecular complexity index is 947. The molecule has 2 heterocycles. The SMILES string of the molecule is Cc1cc(N2C[C@H](C)COC[C@@H]2c2ccc(CS(C)(=O)=O)cc2Cl)nc(N)n1. The van der Waals surface area contributed by atoms with E-state index >= 15 is 0 Å². The van der Waals surface area contributed by atoms with Gasteiger partial charge in [0.1, 0.15) is 5.82 Å². The average Bonchev–Trinajstić information content (AvgIpc) is 2.74. The van der Waals surface area contributed by atoms with Crippen molar-refractivity contribution in [3.63, 3.8) is 0 Å². The monoisotopic (exact) mass is 424 g/mol. The molecule has 0 unspecified atom stereocenters. The van der Waals surface area contributed by atoms with E-state index in [4.69, 9.17) is 22.1 Å². The molecule has 0 saturated carbocycles. The molecule has 0 spiro atoms. The summed E-state index contributed by atoms with van der Waals surface area (Å²) in [4.78, 5) is 10.7. The van der Waals surface area contributed by atoms with Gasteiger partial charge in [0, 0.05) is 29.6 Å². The van der Waals surface area contributed by atoms with Crippen LogP contribution in [0.3, 0.4) is 0 Å². The van der Waals surface area contributed by atoms with Gasteiger partial charge < -0.3 is 15.4 Å². The van der Waals surface area contributed by atoms with Gasteiger partial charge in [-0.1, -0.05) is 30.7 Å². The van der Waals surface area contributed by atoms with Crippen LogP contribution in [0.2, 0.25) is 5.02 Å². The molecule has 1 aliphatic rings. The summed E-state index contributed by atoms with van der Waals surface area (Å²) in [5.74, 6) is 1.20. The summed E-state index contributed by atoms with van der Waals surface area (Å²) in [5, 5.41) is 0.507. The van der Waals surface area contributed by atoms with Crippen LogP contribution in [0.5, 0.6) is 0 Å². The number of hydrogen-bond donors (Lipinski definition) is 1. The van der Waals surface area contributed by atoms with Gasteiger partial charge in [0.25, 0.3) is 0 Å². The molecule has 28 heavy (non-hydrogen) atoms. The van der Waals surface area contributed by atoms with Gasteiger partial charge in [-0.3, -0.25) is 0 Å². The first-order chi connectivity index (χ1) is 13.1. The number of rotatable bonds is 4. The zero-order valence-corrected chi connectivity index (χ0v) is 17.8. The van der Waals surface area contributed by atoms with Crippen molar-refractivity contribution in [1.29, 1.82) is 0 Å². The fourth-order valence-electron chi connectivity index (χ4n) is 3.45. The molecule has 0 aliphatic carbocycles. The molecule has 152 valence electrons. The van der Waals surface area contributed by atoms with Crippen LogP contribution in [0.25, 0.3) is 0 Å². The molecule has 1 aliphatic heterocycles. The van der Waals surface area contributed by atoms with Crippen LogP contribution in [0.1, 0.15) is 29.8 Å². The van der Waals surface area contributed by atoms with Gasteiger partial charge in [-0.25, -0.2) is 13.4 Å². The Morgan fingerprint density at radius 1 is 1.29 bits per heavy atom. The van der Waals surface area contributed by atoms with E-state index in [0.717, 1.165) is 23.6 Å². The number of aromatic nitrogens is 2. The molecular formula is C19H25ClN4O3S. The van der Waals surface area contributed by atoms with E-state index in [0.29, 0.717) is 29.7 Å². The molecule has 7 nitrogen and oxygen atoms in total. The first-order valence-electron chi connectivity index (χ1n) is 9.04. The lowest BCUT2D eigenvalue weighted by Crippen LogP contribution is -2.34. The minimum atomic E-state index is -3.13. The first kappa shape index (κ1) is 20.8. The Hall–Kier alpha value is -1.90. The van der Waals surface area contributed by atoms with Crippen molar-refractivity contribution >= 4 is 33.2 Å². The number of anilines is 2. The van der Waals surface area contributed by atoms with E-state index in [9.17, 15) is 8.42 Å². The van der Waals surface area contributed by atoms with Gasteiger partial charge >= 0.3 is 0 Å². The Morgan fingerprint density at radius 3 is 2.68 bits per heavy atom. The maximum Gasteiger partial charge on any atom is 0.222 e. The van der Waals surface area contributed by atoms with Crippen LogP contribution >= 0.6 is 11.6 Å². The topological polar surface area (TPSA) is 98.4 Å². The van der Waals surface area contributed by atoms with Gasteiger partial charge in [-0.15, -0.1) is 0 Å². The van der Waals surface area contributed by atoms with Crippen molar-refractivity contribution in [2.75, 3.05) is 36.6 Å². The van der Waals surface area contributed by atoms with E-state index < -0.39 is 9.84 Å². The number of hydrogen-bond acceptors (Lipinski definition) is 7. The van der Waals surface area contributed by atoms with E-state index in [1.165, 1.54) is 6.26 Å². The fraction of sp³-hybridized carbons (Fsp3) is 0.474. The molecule has 2 atom stereocenters. The molecule has 0 bridgehead atoms. The Labute approximate surface area is 170 Å². The standard InChI is InChI=1S/C19H25ClN4O3S/c1-12-8-24(18-6-13(2)22-19(21)23-18)17(10-27-9-12)15-5-4-14(7-16(15)20)11-28(3,25)26/h4-7,12,17H,8-11H2,1-3H3,(H2,21,22,23)/t12-,17+/m0/s1. The normalized spacial score (nSPS) is 20.8. The van der Waals surface area contributed by atoms with E-state index in [2.05, 4.69) is 21.8 Å². The summed E-state index contributed by atoms with van der Waals surface area (Å²) < 4.78 is 29.0. The fourth-order valence-corrected chi connectivity index (χ4v) is 4.57. The molecule has 1 aromatic heterocycles. The van der Waals surface area contributed by atoms with Crippen molar-refractivity contribution in [2.24, 2.45) is 5.92 Å². The quantitative estimate of drug-likeness (QED) is 0.805. The van der Waals surface area contributed by atoms with Crippen molar-refractivity contribution in [3.05, 3.63) is 46.1 Å². The van der Waals surface area contributed by atoms with Crippen molar-refractivity contribution < 1.29 is 13.2 Å². The Balaban J connectivity index is 2.01. The number of nitrogens with two attached hydrogens (primary N) is 1. The number of nitrogen functional groups attached to an aromatic ring is 1. The molecule has 1 fully saturated rings. The van der Waals surface area contributed by atoms with Crippen LogP contribution in [0, 0.1) is 12.8 Å². The Morgan fingerprint density at radius 2 is 2.04 bits per heavy atom. The van der Waals surface area contributed by atoms with Crippen LogP contribution in [-0.4, -0.2) is 44.4 Å². The molecule has 2 N–H and O–H groups in total. The first-order valence-corrected chi connectivity index (χ1v) is 11.5. The van der Waals surface area contributed by atoms with Crippen molar-refractivity contribution in [1.82, 2.24) is 9.97 Å². The van der Waals surface area contributed by atoms with Crippen LogP contribution in [0.4, 0.5) is 11.8 Å². The van der Waals surface area contributed by atoms with E-state index in [-0.39, 0.29) is 17.7 Å². The summed E-state index contributed by atoms with van der Waals surface area (Å²) in [6.45, 7) is 5.79. The smallest absolute Gasteiger partial charge is 0.222 e.